The molecule has 31 heavy (non-hydrogen) atoms. The fourth-order valence-corrected chi connectivity index (χ4v) is 2.99. The fourth-order valence-electron chi connectivity index (χ4n) is 2.99. The van der Waals surface area contributed by atoms with E-state index in [0.29, 0.717) is 34.2 Å². The third kappa shape index (κ3) is 4.51. The van der Waals surface area contributed by atoms with E-state index in [1.807, 2.05) is 55.5 Å². The maximum absolute atomic E-state index is 12.3. The number of ether oxygens (including phenoxy) is 1. The van der Waals surface area contributed by atoms with Gasteiger partial charge in [0.25, 0.3) is 11.8 Å². The summed E-state index contributed by atoms with van der Waals surface area (Å²) < 4.78 is 11.1. The van der Waals surface area contributed by atoms with Crippen molar-refractivity contribution < 1.29 is 13.9 Å². The Hall–Kier alpha value is -4.26. The summed E-state index contributed by atoms with van der Waals surface area (Å²) in [4.78, 5) is 12.3. The van der Waals surface area contributed by atoms with E-state index in [-0.39, 0.29) is 5.91 Å². The molecule has 7 nitrogen and oxygen atoms in total. The molecule has 1 amide bonds. The normalized spacial score (nSPS) is 10.9. The monoisotopic (exact) mass is 412 g/mol. The molecule has 0 spiro atoms. The molecule has 0 radical (unpaired) electrons. The van der Waals surface area contributed by atoms with E-state index in [1.165, 1.54) is 0 Å². The molecule has 7 heteroatoms. The number of carbonyl (C=O) groups is 1. The second-order valence-electron chi connectivity index (χ2n) is 6.75. The second-order valence-corrected chi connectivity index (χ2v) is 6.75. The van der Waals surface area contributed by atoms with Crippen LogP contribution in [0.25, 0.3) is 22.9 Å². The van der Waals surface area contributed by atoms with Gasteiger partial charge in [0.15, 0.2) is 0 Å². The first-order valence-corrected chi connectivity index (χ1v) is 9.62. The minimum absolute atomic E-state index is 0.309. The van der Waals surface area contributed by atoms with Crippen LogP contribution < -0.4 is 10.2 Å². The molecule has 154 valence electrons. The first-order valence-electron chi connectivity index (χ1n) is 9.62. The molecule has 1 aromatic heterocycles. The highest BCUT2D eigenvalue weighted by molar-refractivity contribution is 5.95. The standard InChI is InChI=1S/C24H20N4O3/c1-16-7-3-4-8-19(16)15-25-26-22(29)17-11-13-18(14-12-17)23-27-28-24(31-23)20-9-5-6-10-21(20)30-2/h3-15H,1-2H3,(H,26,29)/b25-15+. The van der Waals surface area contributed by atoms with Crippen LogP contribution in [0, 0.1) is 6.92 Å². The molecule has 0 aliphatic rings. The SMILES string of the molecule is COc1ccccc1-c1nnc(-c2ccc(C(=O)N/N=C/c3ccccc3C)cc2)o1. The number of amides is 1. The zero-order valence-corrected chi connectivity index (χ0v) is 17.1. The third-order valence-corrected chi connectivity index (χ3v) is 4.71. The lowest BCUT2D eigenvalue weighted by Crippen LogP contribution is -2.17. The van der Waals surface area contributed by atoms with Crippen molar-refractivity contribution in [2.45, 2.75) is 6.92 Å². The van der Waals surface area contributed by atoms with Gasteiger partial charge >= 0.3 is 0 Å². The van der Waals surface area contributed by atoms with Crippen LogP contribution in [0.2, 0.25) is 0 Å². The van der Waals surface area contributed by atoms with Gasteiger partial charge in [-0.15, -0.1) is 10.2 Å². The van der Waals surface area contributed by atoms with Crippen LogP contribution in [0.5, 0.6) is 5.75 Å². The van der Waals surface area contributed by atoms with Crippen molar-refractivity contribution in [2.75, 3.05) is 7.11 Å². The van der Waals surface area contributed by atoms with Crippen molar-refractivity contribution in [3.63, 3.8) is 0 Å². The van der Waals surface area contributed by atoms with E-state index in [0.717, 1.165) is 11.1 Å². The summed E-state index contributed by atoms with van der Waals surface area (Å²) in [5, 5.41) is 12.3. The molecule has 4 rings (SSSR count). The van der Waals surface area contributed by atoms with Gasteiger partial charge < -0.3 is 9.15 Å². The number of methoxy groups -OCH3 is 1. The summed E-state index contributed by atoms with van der Waals surface area (Å²) >= 11 is 0. The quantitative estimate of drug-likeness (QED) is 0.372. The van der Waals surface area contributed by atoms with Crippen molar-refractivity contribution in [3.8, 4) is 28.7 Å². The third-order valence-electron chi connectivity index (χ3n) is 4.71. The minimum atomic E-state index is -0.309. The van der Waals surface area contributed by atoms with Crippen LogP contribution in [-0.2, 0) is 0 Å². The molecule has 0 aliphatic heterocycles. The molecule has 4 aromatic rings. The number of nitrogens with zero attached hydrogens (tertiary/aromatic N) is 3. The molecule has 0 atom stereocenters. The number of hydrazone groups is 1. The fraction of sp³-hybridized carbons (Fsp3) is 0.0833. The number of aromatic nitrogens is 2. The van der Waals surface area contributed by atoms with Crippen LogP contribution in [0.15, 0.2) is 82.3 Å². The molecular weight excluding hydrogens is 392 g/mol. The number of benzene rings is 3. The van der Waals surface area contributed by atoms with Crippen molar-refractivity contribution in [1.82, 2.24) is 15.6 Å². The Labute approximate surface area is 179 Å². The maximum atomic E-state index is 12.3. The highest BCUT2D eigenvalue weighted by Crippen LogP contribution is 2.30. The van der Waals surface area contributed by atoms with Gasteiger partial charge in [-0.05, 0) is 54.4 Å². The Morgan fingerprint density at radius 2 is 1.68 bits per heavy atom. The Morgan fingerprint density at radius 1 is 0.968 bits per heavy atom. The van der Waals surface area contributed by atoms with Gasteiger partial charge in [-0.25, -0.2) is 5.43 Å². The van der Waals surface area contributed by atoms with E-state index < -0.39 is 0 Å². The largest absolute Gasteiger partial charge is 0.496 e. The predicted molar refractivity (Wildman–Crippen MR) is 118 cm³/mol. The van der Waals surface area contributed by atoms with E-state index >= 15 is 0 Å². The zero-order valence-electron chi connectivity index (χ0n) is 17.1. The van der Waals surface area contributed by atoms with Gasteiger partial charge in [0, 0.05) is 11.1 Å². The average Bonchev–Trinajstić information content (AvgIpc) is 3.30. The smallest absolute Gasteiger partial charge is 0.271 e. The highest BCUT2D eigenvalue weighted by Gasteiger charge is 2.14. The summed E-state index contributed by atoms with van der Waals surface area (Å²) in [6.07, 6.45) is 1.62. The van der Waals surface area contributed by atoms with E-state index in [2.05, 4.69) is 20.7 Å². The molecule has 0 aliphatic carbocycles. The summed E-state index contributed by atoms with van der Waals surface area (Å²) in [6.45, 7) is 1.98. The predicted octanol–water partition coefficient (Wildman–Crippen LogP) is 4.48. The zero-order chi connectivity index (χ0) is 21.6. The van der Waals surface area contributed by atoms with Gasteiger partial charge in [0.1, 0.15) is 5.75 Å². The number of nitrogens with one attached hydrogen (secondary N) is 1. The van der Waals surface area contributed by atoms with Gasteiger partial charge in [0.2, 0.25) is 5.89 Å². The summed E-state index contributed by atoms with van der Waals surface area (Å²) in [5.74, 6) is 1.05. The van der Waals surface area contributed by atoms with Crippen molar-refractivity contribution in [2.24, 2.45) is 5.10 Å². The van der Waals surface area contributed by atoms with Gasteiger partial charge in [-0.2, -0.15) is 5.10 Å². The number of aryl methyl sites for hydroxylation is 1. The lowest BCUT2D eigenvalue weighted by atomic mass is 10.1. The van der Waals surface area contributed by atoms with Gasteiger partial charge in [-0.3, -0.25) is 4.79 Å². The molecule has 3 aromatic carbocycles. The van der Waals surface area contributed by atoms with Crippen LogP contribution in [0.3, 0.4) is 0 Å². The lowest BCUT2D eigenvalue weighted by molar-refractivity contribution is 0.0955. The topological polar surface area (TPSA) is 89.6 Å². The Morgan fingerprint density at radius 3 is 2.45 bits per heavy atom. The molecule has 0 bridgehead atoms. The number of rotatable bonds is 6. The highest BCUT2D eigenvalue weighted by atomic mass is 16.5. The number of carbonyl (C=O) groups excluding carboxylic acids is 1. The van der Waals surface area contributed by atoms with E-state index in [4.69, 9.17) is 9.15 Å². The molecular formula is C24H20N4O3. The number of para-hydroxylation sites is 1. The van der Waals surface area contributed by atoms with Crippen molar-refractivity contribution in [1.29, 1.82) is 0 Å². The lowest BCUT2D eigenvalue weighted by Gasteiger charge is -2.03. The van der Waals surface area contributed by atoms with Crippen molar-refractivity contribution >= 4 is 12.1 Å². The Balaban J connectivity index is 1.45. The minimum Gasteiger partial charge on any atom is -0.496 e. The summed E-state index contributed by atoms with van der Waals surface area (Å²) in [6, 6.07) is 22.1. The van der Waals surface area contributed by atoms with Crippen molar-refractivity contribution in [3.05, 3.63) is 89.5 Å². The van der Waals surface area contributed by atoms with Gasteiger partial charge in [0.05, 0.1) is 18.9 Å². The Kier molecular flexibility index (Phi) is 5.84. The van der Waals surface area contributed by atoms with Crippen LogP contribution >= 0.6 is 0 Å². The Bertz CT molecular complexity index is 1230. The van der Waals surface area contributed by atoms with Crippen LogP contribution in [0.4, 0.5) is 0 Å². The first kappa shape index (κ1) is 20.0. The number of hydrogen-bond acceptors (Lipinski definition) is 6. The molecule has 0 fully saturated rings. The number of hydrogen-bond donors (Lipinski definition) is 1. The van der Waals surface area contributed by atoms with E-state index in [9.17, 15) is 4.79 Å². The molecule has 0 saturated carbocycles. The summed E-state index contributed by atoms with van der Waals surface area (Å²) in [7, 11) is 1.59. The molecule has 1 N–H and O–H groups in total. The van der Waals surface area contributed by atoms with Crippen LogP contribution in [0.1, 0.15) is 21.5 Å². The molecule has 1 heterocycles. The van der Waals surface area contributed by atoms with Gasteiger partial charge in [-0.1, -0.05) is 36.4 Å². The van der Waals surface area contributed by atoms with E-state index in [1.54, 1.807) is 37.6 Å². The maximum Gasteiger partial charge on any atom is 0.271 e. The molecule has 0 unspecified atom stereocenters. The first-order chi connectivity index (χ1) is 15.2. The second kappa shape index (κ2) is 9.04. The summed E-state index contributed by atoms with van der Waals surface area (Å²) in [5.41, 5.74) is 6.45. The average molecular weight is 412 g/mol. The van der Waals surface area contributed by atoms with Crippen LogP contribution in [-0.4, -0.2) is 29.4 Å². The molecule has 0 saturated heterocycles.